The minimum absolute atomic E-state index is 0.0859. The number of ether oxygens (including phenoxy) is 1. The molecule has 1 aliphatic heterocycles. The molecule has 0 spiro atoms. The molecule has 0 bridgehead atoms. The summed E-state index contributed by atoms with van der Waals surface area (Å²) in [5.41, 5.74) is 5.95. The Bertz CT molecular complexity index is 1650. The maximum absolute atomic E-state index is 12.2. The normalized spacial score (nSPS) is 17.6. The van der Waals surface area contributed by atoms with Crippen molar-refractivity contribution < 1.29 is 14.6 Å². The van der Waals surface area contributed by atoms with Crippen molar-refractivity contribution in [2.75, 3.05) is 37.6 Å². The minimum atomic E-state index is -1.06. The van der Waals surface area contributed by atoms with Crippen molar-refractivity contribution in [3.63, 3.8) is 0 Å². The van der Waals surface area contributed by atoms with Crippen LogP contribution in [0.1, 0.15) is 49.0 Å². The van der Waals surface area contributed by atoms with Gasteiger partial charge in [-0.05, 0) is 66.1 Å². The molecular formula is C33H34Cl2N4O3. The van der Waals surface area contributed by atoms with Crippen molar-refractivity contribution in [1.82, 2.24) is 14.9 Å². The smallest absolute Gasteiger partial charge is 0.339 e. The molecule has 4 aromatic rings. The quantitative estimate of drug-likeness (QED) is 0.221. The van der Waals surface area contributed by atoms with Gasteiger partial charge in [0.25, 0.3) is 0 Å². The maximum Gasteiger partial charge on any atom is 0.339 e. The summed E-state index contributed by atoms with van der Waals surface area (Å²) in [4.78, 5) is 24.3. The van der Waals surface area contributed by atoms with Crippen molar-refractivity contribution in [3.05, 3.63) is 87.7 Å². The molecule has 1 saturated heterocycles. The van der Waals surface area contributed by atoms with E-state index in [0.29, 0.717) is 16.4 Å². The van der Waals surface area contributed by atoms with E-state index in [1.807, 2.05) is 24.3 Å². The van der Waals surface area contributed by atoms with Crippen LogP contribution in [0, 0.1) is 5.41 Å². The lowest BCUT2D eigenvalue weighted by atomic mass is 9.72. The molecule has 0 radical (unpaired) electrons. The van der Waals surface area contributed by atoms with Crippen LogP contribution in [0.15, 0.2) is 66.5 Å². The van der Waals surface area contributed by atoms with Gasteiger partial charge in [-0.2, -0.15) is 0 Å². The number of carboxylic acid groups (broad SMARTS) is 1. The summed E-state index contributed by atoms with van der Waals surface area (Å²) in [7, 11) is 0. The van der Waals surface area contributed by atoms with Crippen LogP contribution < -0.4 is 9.64 Å². The van der Waals surface area contributed by atoms with Crippen molar-refractivity contribution >= 4 is 51.5 Å². The second-order valence-corrected chi connectivity index (χ2v) is 12.7. The molecule has 218 valence electrons. The summed E-state index contributed by atoms with van der Waals surface area (Å²) in [6.07, 6.45) is 6.60. The van der Waals surface area contributed by atoms with Crippen LogP contribution in [0.25, 0.3) is 16.6 Å². The number of para-hydroxylation sites is 1. The minimum Gasteiger partial charge on any atom is -0.478 e. The molecule has 2 aromatic carbocycles. The number of nitrogens with zero attached hydrogens (tertiary/aromatic N) is 3. The first-order valence-electron chi connectivity index (χ1n) is 14.3. The Labute approximate surface area is 255 Å². The number of anilines is 1. The van der Waals surface area contributed by atoms with E-state index in [-0.39, 0.29) is 16.7 Å². The average molecular weight is 606 g/mol. The highest BCUT2D eigenvalue weighted by Gasteiger charge is 2.30. The number of allylic oxidation sites excluding steroid dienone is 1. The summed E-state index contributed by atoms with van der Waals surface area (Å²) in [6, 6.07) is 15.3. The van der Waals surface area contributed by atoms with E-state index in [0.717, 1.165) is 61.7 Å². The predicted octanol–water partition coefficient (Wildman–Crippen LogP) is 8.15. The van der Waals surface area contributed by atoms with Crippen LogP contribution in [0.2, 0.25) is 10.0 Å². The Morgan fingerprint density at radius 1 is 1.07 bits per heavy atom. The Balaban J connectivity index is 1.22. The molecule has 0 atom stereocenters. The summed E-state index contributed by atoms with van der Waals surface area (Å²) in [5, 5.41) is 11.9. The van der Waals surface area contributed by atoms with Gasteiger partial charge in [0.2, 0.25) is 0 Å². The van der Waals surface area contributed by atoms with Crippen LogP contribution in [0.5, 0.6) is 11.5 Å². The molecule has 42 heavy (non-hydrogen) atoms. The molecule has 2 aromatic heterocycles. The van der Waals surface area contributed by atoms with E-state index in [9.17, 15) is 9.90 Å². The zero-order valence-corrected chi connectivity index (χ0v) is 25.3. The molecule has 3 heterocycles. The zero-order chi connectivity index (χ0) is 29.4. The Morgan fingerprint density at radius 2 is 1.83 bits per heavy atom. The van der Waals surface area contributed by atoms with Gasteiger partial charge in [0.1, 0.15) is 11.2 Å². The molecule has 9 heteroatoms. The number of benzene rings is 2. The summed E-state index contributed by atoms with van der Waals surface area (Å²) >= 11 is 12.8. The predicted molar refractivity (Wildman–Crippen MR) is 169 cm³/mol. The van der Waals surface area contributed by atoms with E-state index in [1.54, 1.807) is 18.3 Å². The number of carboxylic acids is 1. The third-order valence-electron chi connectivity index (χ3n) is 8.43. The first kappa shape index (κ1) is 28.6. The highest BCUT2D eigenvalue weighted by atomic mass is 35.5. The van der Waals surface area contributed by atoms with Crippen LogP contribution in [-0.2, 0) is 0 Å². The van der Waals surface area contributed by atoms with Crippen LogP contribution in [0.4, 0.5) is 5.69 Å². The van der Waals surface area contributed by atoms with E-state index in [4.69, 9.17) is 27.9 Å². The molecule has 0 saturated carbocycles. The fraction of sp³-hybridized carbons (Fsp3) is 0.333. The summed E-state index contributed by atoms with van der Waals surface area (Å²) in [6.45, 7) is 8.84. The SMILES string of the molecule is CC1(C)CCC(CN2CCN(c3cccc(C(=O)O)c3Oc3cnc4[nH]ccc4c3Cl)CC2)=C(c2ccc(Cl)cc2)C1. The third-order valence-corrected chi connectivity index (χ3v) is 9.07. The standard InChI is InChI=1S/C33H34Cl2N4O3/c1-33(2)12-10-22(26(18-33)21-6-8-23(34)9-7-21)20-38-14-16-39(17-15-38)27-5-3-4-25(32(40)41)30(27)42-28-19-37-31-24(29(28)35)11-13-36-31/h3-9,11,13,19H,10,12,14-18,20H2,1-2H3,(H,36,37)(H,40,41). The number of piperazine rings is 1. The molecule has 2 N–H and O–H groups in total. The van der Waals surface area contributed by atoms with Crippen molar-refractivity contribution in [2.45, 2.75) is 33.1 Å². The molecule has 1 fully saturated rings. The summed E-state index contributed by atoms with van der Waals surface area (Å²) in [5.74, 6) is -0.460. The largest absolute Gasteiger partial charge is 0.478 e. The van der Waals surface area contributed by atoms with E-state index >= 15 is 0 Å². The summed E-state index contributed by atoms with van der Waals surface area (Å²) < 4.78 is 6.24. The van der Waals surface area contributed by atoms with Gasteiger partial charge in [-0.3, -0.25) is 4.90 Å². The van der Waals surface area contributed by atoms with Gasteiger partial charge in [0.15, 0.2) is 11.5 Å². The van der Waals surface area contributed by atoms with Gasteiger partial charge >= 0.3 is 5.97 Å². The number of rotatable bonds is 7. The van der Waals surface area contributed by atoms with Gasteiger partial charge in [-0.25, -0.2) is 9.78 Å². The van der Waals surface area contributed by atoms with Crippen molar-refractivity contribution in [2.24, 2.45) is 5.41 Å². The number of aromatic nitrogens is 2. The number of halogens is 2. The highest BCUT2D eigenvalue weighted by Crippen LogP contribution is 2.44. The number of fused-ring (bicyclic) bond motifs is 1. The Hall–Kier alpha value is -3.52. The van der Waals surface area contributed by atoms with Gasteiger partial charge in [0, 0.05) is 49.3 Å². The molecule has 1 aliphatic carbocycles. The first-order valence-corrected chi connectivity index (χ1v) is 15.0. The lowest BCUT2D eigenvalue weighted by molar-refractivity contribution is 0.0694. The van der Waals surface area contributed by atoms with Gasteiger partial charge in [0.05, 0.1) is 16.9 Å². The number of aromatic carboxylic acids is 1. The number of pyridine rings is 1. The Morgan fingerprint density at radius 3 is 2.57 bits per heavy atom. The molecule has 2 aliphatic rings. The third kappa shape index (κ3) is 5.87. The van der Waals surface area contributed by atoms with Gasteiger partial charge < -0.3 is 19.7 Å². The van der Waals surface area contributed by atoms with E-state index in [2.05, 4.69) is 45.7 Å². The van der Waals surface area contributed by atoms with E-state index in [1.165, 1.54) is 29.3 Å². The molecule has 0 unspecified atom stereocenters. The molecule has 6 rings (SSSR count). The van der Waals surface area contributed by atoms with Crippen LogP contribution >= 0.6 is 23.2 Å². The van der Waals surface area contributed by atoms with Gasteiger partial charge in [-0.1, -0.05) is 60.8 Å². The topological polar surface area (TPSA) is 81.7 Å². The number of hydrogen-bond acceptors (Lipinski definition) is 5. The van der Waals surface area contributed by atoms with Crippen LogP contribution in [0.3, 0.4) is 0 Å². The molecule has 7 nitrogen and oxygen atoms in total. The maximum atomic E-state index is 12.2. The Kier molecular flexibility index (Phi) is 7.92. The number of hydrogen-bond donors (Lipinski definition) is 2. The lowest BCUT2D eigenvalue weighted by Gasteiger charge is -2.39. The van der Waals surface area contributed by atoms with Crippen molar-refractivity contribution in [3.8, 4) is 11.5 Å². The lowest BCUT2D eigenvalue weighted by Crippen LogP contribution is -2.47. The molecular weight excluding hydrogens is 571 g/mol. The molecule has 0 amide bonds. The number of nitrogens with one attached hydrogen (secondary N) is 1. The fourth-order valence-electron chi connectivity index (χ4n) is 6.07. The first-order chi connectivity index (χ1) is 20.2. The highest BCUT2D eigenvalue weighted by molar-refractivity contribution is 6.36. The average Bonchev–Trinajstić information content (AvgIpc) is 3.46. The number of aromatic amines is 1. The number of H-pyrrole nitrogens is 1. The van der Waals surface area contributed by atoms with Gasteiger partial charge in [-0.15, -0.1) is 0 Å². The second kappa shape index (κ2) is 11.6. The second-order valence-electron chi connectivity index (χ2n) is 11.9. The zero-order valence-electron chi connectivity index (χ0n) is 23.8. The van der Waals surface area contributed by atoms with E-state index < -0.39 is 5.97 Å². The number of carbonyl (C=O) groups is 1. The fourth-order valence-corrected chi connectivity index (χ4v) is 6.43. The monoisotopic (exact) mass is 604 g/mol. The van der Waals surface area contributed by atoms with Crippen molar-refractivity contribution in [1.29, 1.82) is 0 Å². The van der Waals surface area contributed by atoms with Crippen LogP contribution in [-0.4, -0.2) is 58.7 Å².